The first-order valence-corrected chi connectivity index (χ1v) is 12.5. The van der Waals surface area contributed by atoms with Crippen LogP contribution in [0.25, 0.3) is 0 Å². The molecule has 4 rings (SSSR count). The van der Waals surface area contributed by atoms with Gasteiger partial charge in [0.05, 0.1) is 5.41 Å². The van der Waals surface area contributed by atoms with E-state index in [9.17, 15) is 14.4 Å². The molecule has 1 saturated heterocycles. The van der Waals surface area contributed by atoms with Crippen LogP contribution in [0.1, 0.15) is 54.9 Å². The van der Waals surface area contributed by atoms with Crippen LogP contribution in [-0.4, -0.2) is 28.7 Å². The molecule has 5 nitrogen and oxygen atoms in total. The van der Waals surface area contributed by atoms with Crippen LogP contribution in [0.15, 0.2) is 84.9 Å². The second-order valence-corrected chi connectivity index (χ2v) is 9.98. The topological polar surface area (TPSA) is 63.7 Å². The predicted octanol–water partition coefficient (Wildman–Crippen LogP) is 5.61. The third-order valence-corrected chi connectivity index (χ3v) is 7.19. The van der Waals surface area contributed by atoms with Crippen LogP contribution in [0.3, 0.4) is 0 Å². The second kappa shape index (κ2) is 10.9. The number of hydrogen-bond donors (Lipinski definition) is 0. The quantitative estimate of drug-likeness (QED) is 0.293. The van der Waals surface area contributed by atoms with Crippen molar-refractivity contribution in [2.75, 3.05) is 0 Å². The molecule has 3 aromatic rings. The van der Waals surface area contributed by atoms with Crippen LogP contribution >= 0.6 is 0 Å². The average Bonchev–Trinajstić information content (AvgIpc) is 2.90. The monoisotopic (exact) mass is 483 g/mol. The van der Waals surface area contributed by atoms with Gasteiger partial charge >= 0.3 is 5.97 Å². The molecule has 0 spiro atoms. The molecule has 0 saturated carbocycles. The molecular formula is C31H33NO4. The summed E-state index contributed by atoms with van der Waals surface area (Å²) in [5.41, 5.74) is 3.13. The number of nitrogens with zero attached hydrogens (tertiary/aromatic N) is 1. The van der Waals surface area contributed by atoms with E-state index in [2.05, 4.69) is 0 Å². The number of likely N-dealkylation sites (tertiary alicyclic amines) is 1. The summed E-state index contributed by atoms with van der Waals surface area (Å²) in [5, 5.41) is 0. The molecule has 3 aromatic carbocycles. The minimum Gasteiger partial charge on any atom is -0.459 e. The van der Waals surface area contributed by atoms with Gasteiger partial charge in [0.15, 0.2) is 6.04 Å². The maximum absolute atomic E-state index is 13.4. The van der Waals surface area contributed by atoms with E-state index in [1.54, 1.807) is 6.92 Å². The summed E-state index contributed by atoms with van der Waals surface area (Å²) >= 11 is 0. The first kappa shape index (κ1) is 25.4. The molecule has 1 fully saturated rings. The van der Waals surface area contributed by atoms with Crippen molar-refractivity contribution in [2.45, 2.75) is 58.6 Å². The lowest BCUT2D eigenvalue weighted by Crippen LogP contribution is -2.72. The molecule has 0 aromatic heterocycles. The fraction of sp³-hybridized carbons (Fsp3) is 0.323. The van der Waals surface area contributed by atoms with E-state index in [1.807, 2.05) is 98.8 Å². The van der Waals surface area contributed by atoms with Gasteiger partial charge in [-0.05, 0) is 49.3 Å². The van der Waals surface area contributed by atoms with Crippen molar-refractivity contribution in [3.8, 4) is 0 Å². The third-order valence-electron chi connectivity index (χ3n) is 7.19. The number of β-lactam (4-membered cyclic amide) rings is 1. The fourth-order valence-corrected chi connectivity index (χ4v) is 4.82. The highest BCUT2D eigenvalue weighted by Gasteiger charge is 2.63. The Morgan fingerprint density at radius 3 is 2.17 bits per heavy atom. The van der Waals surface area contributed by atoms with Crippen LogP contribution in [-0.2, 0) is 32.1 Å². The van der Waals surface area contributed by atoms with E-state index in [4.69, 9.17) is 4.74 Å². The van der Waals surface area contributed by atoms with Gasteiger partial charge in [-0.2, -0.15) is 0 Å². The molecule has 0 bridgehead atoms. The van der Waals surface area contributed by atoms with Crippen molar-refractivity contribution in [3.05, 3.63) is 107 Å². The van der Waals surface area contributed by atoms with Gasteiger partial charge in [-0.1, -0.05) is 97.4 Å². The number of carbonyl (C=O) groups excluding carboxylic acids is 3. The fourth-order valence-electron chi connectivity index (χ4n) is 4.82. The summed E-state index contributed by atoms with van der Waals surface area (Å²) in [4.78, 5) is 41.2. The number of hydrogen-bond acceptors (Lipinski definition) is 4. The van der Waals surface area contributed by atoms with Crippen molar-refractivity contribution in [1.29, 1.82) is 0 Å². The molecule has 1 heterocycles. The minimum atomic E-state index is -0.996. The van der Waals surface area contributed by atoms with Crippen molar-refractivity contribution in [1.82, 2.24) is 4.90 Å². The third kappa shape index (κ3) is 5.40. The number of imide groups is 1. The molecule has 186 valence electrons. The molecule has 0 unspecified atom stereocenters. The summed E-state index contributed by atoms with van der Waals surface area (Å²) in [6, 6.07) is 26.3. The van der Waals surface area contributed by atoms with Gasteiger partial charge in [0.25, 0.3) is 0 Å². The molecule has 3 atom stereocenters. The van der Waals surface area contributed by atoms with Crippen LogP contribution in [0, 0.1) is 12.3 Å². The van der Waals surface area contributed by atoms with Crippen LogP contribution < -0.4 is 0 Å². The first-order valence-electron chi connectivity index (χ1n) is 12.5. The van der Waals surface area contributed by atoms with Crippen molar-refractivity contribution < 1.29 is 19.1 Å². The number of carbonyl (C=O) groups is 3. The van der Waals surface area contributed by atoms with E-state index in [-0.39, 0.29) is 30.8 Å². The summed E-state index contributed by atoms with van der Waals surface area (Å²) < 4.78 is 5.63. The average molecular weight is 484 g/mol. The molecule has 2 amide bonds. The maximum atomic E-state index is 13.4. The molecule has 0 N–H and O–H groups in total. The number of benzene rings is 3. The lowest BCUT2D eigenvalue weighted by atomic mass is 9.68. The van der Waals surface area contributed by atoms with Crippen molar-refractivity contribution in [3.63, 3.8) is 0 Å². The summed E-state index contributed by atoms with van der Waals surface area (Å²) in [6.45, 7) is 5.86. The molecule has 0 radical (unpaired) electrons. The molecule has 5 heteroatoms. The van der Waals surface area contributed by atoms with Gasteiger partial charge in [-0.15, -0.1) is 0 Å². The van der Waals surface area contributed by atoms with Gasteiger partial charge in [0, 0.05) is 6.42 Å². The molecule has 1 aliphatic rings. The Morgan fingerprint density at radius 1 is 0.917 bits per heavy atom. The zero-order valence-electron chi connectivity index (χ0n) is 21.1. The van der Waals surface area contributed by atoms with E-state index in [1.165, 1.54) is 0 Å². The second-order valence-electron chi connectivity index (χ2n) is 9.98. The number of rotatable bonds is 9. The number of aryl methyl sites for hydroxylation is 2. The minimum absolute atomic E-state index is 0.0769. The van der Waals surface area contributed by atoms with E-state index in [0.717, 1.165) is 27.2 Å². The standard InChI is InChI=1S/C31H33NO4/c1-22-14-16-24(17-15-22)18-19-31(3)28(29(34)36-21-25-10-6-4-7-11-25)32(30(31)35)27(33)20-23(2)26-12-8-5-9-13-26/h4-17,23,28H,18-21H2,1-3H3/t23-,28+,31+/m0/s1. The Morgan fingerprint density at radius 2 is 1.53 bits per heavy atom. The van der Waals surface area contributed by atoms with E-state index >= 15 is 0 Å². The van der Waals surface area contributed by atoms with Crippen molar-refractivity contribution in [2.24, 2.45) is 5.41 Å². The van der Waals surface area contributed by atoms with Gasteiger partial charge in [0.2, 0.25) is 11.8 Å². The van der Waals surface area contributed by atoms with Gasteiger partial charge in [-0.3, -0.25) is 14.5 Å². The normalized spacial score (nSPS) is 19.9. The van der Waals surface area contributed by atoms with Crippen LogP contribution in [0.4, 0.5) is 0 Å². The van der Waals surface area contributed by atoms with E-state index in [0.29, 0.717) is 12.8 Å². The van der Waals surface area contributed by atoms with Gasteiger partial charge < -0.3 is 4.74 Å². The van der Waals surface area contributed by atoms with Gasteiger partial charge in [0.1, 0.15) is 6.61 Å². The molecular weight excluding hydrogens is 450 g/mol. The lowest BCUT2D eigenvalue weighted by molar-refractivity contribution is -0.191. The van der Waals surface area contributed by atoms with Crippen molar-refractivity contribution >= 4 is 17.8 Å². The number of amides is 2. The zero-order valence-corrected chi connectivity index (χ0v) is 21.1. The van der Waals surface area contributed by atoms with E-state index < -0.39 is 17.4 Å². The number of ether oxygens (including phenoxy) is 1. The summed E-state index contributed by atoms with van der Waals surface area (Å²) in [6.07, 6.45) is 1.23. The SMILES string of the molecule is Cc1ccc(CC[C@@]2(C)C(=O)N(C(=O)C[C@H](C)c3ccccc3)[C@@H]2C(=O)OCc2ccccc2)cc1. The Bertz CT molecular complexity index is 1210. The largest absolute Gasteiger partial charge is 0.459 e. The zero-order chi connectivity index (χ0) is 25.7. The smallest absolute Gasteiger partial charge is 0.330 e. The highest BCUT2D eigenvalue weighted by atomic mass is 16.5. The molecule has 1 aliphatic heterocycles. The molecule has 0 aliphatic carbocycles. The Kier molecular flexibility index (Phi) is 7.68. The van der Waals surface area contributed by atoms with Crippen LogP contribution in [0.2, 0.25) is 0 Å². The Hall–Kier alpha value is -3.73. The summed E-state index contributed by atoms with van der Waals surface area (Å²) in [5.74, 6) is -1.26. The lowest BCUT2D eigenvalue weighted by Gasteiger charge is -2.51. The maximum Gasteiger partial charge on any atom is 0.330 e. The Balaban J connectivity index is 1.51. The molecule has 36 heavy (non-hydrogen) atoms. The van der Waals surface area contributed by atoms with Gasteiger partial charge in [-0.25, -0.2) is 4.79 Å². The summed E-state index contributed by atoms with van der Waals surface area (Å²) in [7, 11) is 0. The highest BCUT2D eigenvalue weighted by molar-refractivity contribution is 6.10. The van der Waals surface area contributed by atoms with Crippen LogP contribution in [0.5, 0.6) is 0 Å². The first-order chi connectivity index (χ1) is 17.3. The highest BCUT2D eigenvalue weighted by Crippen LogP contribution is 2.44. The predicted molar refractivity (Wildman–Crippen MR) is 139 cm³/mol. The Labute approximate surface area is 213 Å². The number of esters is 1.